The Morgan fingerprint density at radius 2 is 1.42 bits per heavy atom. The van der Waals surface area contributed by atoms with Gasteiger partial charge in [-0.2, -0.15) is 0 Å². The molecule has 0 spiro atoms. The van der Waals surface area contributed by atoms with E-state index in [0.717, 1.165) is 11.1 Å². The summed E-state index contributed by atoms with van der Waals surface area (Å²) in [4.78, 5) is 10.7. The van der Waals surface area contributed by atoms with Crippen LogP contribution in [0.1, 0.15) is 15.9 Å². The minimum atomic E-state index is -3.61. The van der Waals surface area contributed by atoms with E-state index in [-0.39, 0.29) is 10.7 Å². The van der Waals surface area contributed by atoms with Gasteiger partial charge < -0.3 is 0 Å². The number of hydrogen-bond donors (Lipinski definition) is 0. The number of fused-ring (bicyclic) bond motifs is 2. The molecule has 0 atom stereocenters. The van der Waals surface area contributed by atoms with Gasteiger partial charge in [0.15, 0.2) is 5.78 Å². The first-order valence-electron chi connectivity index (χ1n) is 5.23. The second-order valence-corrected chi connectivity index (χ2v) is 6.80. The van der Waals surface area contributed by atoms with Crippen molar-refractivity contribution >= 4 is 37.1 Å². The topological polar surface area (TPSA) is 51.2 Å². The van der Waals surface area contributed by atoms with Gasteiger partial charge in [0.25, 0.3) is 9.05 Å². The quantitative estimate of drug-likeness (QED) is 0.646. The molecule has 3 nitrogen and oxygen atoms in total. The van der Waals surface area contributed by atoms with Crippen molar-refractivity contribution in [3.05, 3.63) is 64.7 Å². The lowest BCUT2D eigenvalue weighted by atomic mass is 9.92. The maximum absolute atomic E-state index is 10.7. The smallest absolute Gasteiger partial charge is 0.261 e. The average Bonchev–Trinajstić information content (AvgIpc) is 2.39. The van der Waals surface area contributed by atoms with Gasteiger partial charge in [-0.3, -0.25) is 4.79 Å². The van der Waals surface area contributed by atoms with E-state index in [9.17, 15) is 13.2 Å². The molecule has 0 aliphatic heterocycles. The number of carbonyl (C=O) groups excluding carboxylic acids is 1. The first kappa shape index (κ1) is 14.1. The fourth-order valence-corrected chi connectivity index (χ4v) is 2.38. The van der Waals surface area contributed by atoms with Gasteiger partial charge in [-0.15, -0.1) is 0 Å². The lowest BCUT2D eigenvalue weighted by Gasteiger charge is -2.10. The zero-order chi connectivity index (χ0) is 14.0. The number of halogens is 2. The minimum Gasteiger partial charge on any atom is -0.289 e. The van der Waals surface area contributed by atoms with Crippen LogP contribution in [0.4, 0.5) is 0 Å². The second kappa shape index (κ2) is 5.33. The third kappa shape index (κ3) is 3.35. The third-order valence-electron chi connectivity index (χ3n) is 2.48. The normalized spacial score (nSPS) is 12.2. The number of carbonyl (C=O) groups is 1. The molecular formula is C13H8Cl2O3S. The summed E-state index contributed by atoms with van der Waals surface area (Å²) >= 11 is 5.52. The van der Waals surface area contributed by atoms with E-state index in [1.165, 1.54) is 24.3 Å². The molecule has 0 saturated carbocycles. The highest BCUT2D eigenvalue weighted by molar-refractivity contribution is 8.13. The summed E-state index contributed by atoms with van der Waals surface area (Å²) < 4.78 is 21.3. The molecule has 0 heterocycles. The van der Waals surface area contributed by atoms with Crippen LogP contribution in [0.3, 0.4) is 0 Å². The third-order valence-corrected chi connectivity index (χ3v) is 4.10. The van der Waals surface area contributed by atoms with Crippen LogP contribution >= 0.6 is 22.3 Å². The lowest BCUT2D eigenvalue weighted by molar-refractivity contribution is 0.102. The van der Waals surface area contributed by atoms with Gasteiger partial charge in [-0.1, -0.05) is 29.8 Å². The van der Waals surface area contributed by atoms with E-state index in [2.05, 4.69) is 0 Å². The summed E-state index contributed by atoms with van der Waals surface area (Å²) in [7, 11) is 1.43. The van der Waals surface area contributed by atoms with Gasteiger partial charge in [0.05, 0.1) is 4.90 Å². The zero-order valence-corrected chi connectivity index (χ0v) is 11.8. The van der Waals surface area contributed by atoms with Crippen molar-refractivity contribution in [1.29, 1.82) is 0 Å². The summed E-state index contributed by atoms with van der Waals surface area (Å²) in [6, 6.07) is 13.1. The molecule has 2 aromatic rings. The maximum Gasteiger partial charge on any atom is 0.261 e. The molecule has 0 unspecified atom stereocenters. The maximum atomic E-state index is 10.7. The van der Waals surface area contributed by atoms with Crippen molar-refractivity contribution < 1.29 is 13.2 Å². The zero-order valence-electron chi connectivity index (χ0n) is 9.51. The van der Waals surface area contributed by atoms with Gasteiger partial charge in [-0.25, -0.2) is 8.42 Å². The van der Waals surface area contributed by atoms with Crippen LogP contribution < -0.4 is 0 Å². The minimum absolute atomic E-state index is 0.0589. The Hall–Kier alpha value is -1.36. The standard InChI is InChI=1S/C7H4O.C6H4Cl2O2S/c8-7-5-2-1-3-6(7)4-5;7-5-1-3-6(4-2-5)11(8,9)10/h1-4H;1-4H. The second-order valence-electron chi connectivity index (χ2n) is 3.80. The van der Waals surface area contributed by atoms with Gasteiger partial charge >= 0.3 is 0 Å². The molecule has 6 heteroatoms. The highest BCUT2D eigenvalue weighted by Gasteiger charge is 2.17. The molecule has 2 aliphatic rings. The van der Waals surface area contributed by atoms with Crippen LogP contribution in [0, 0.1) is 0 Å². The molecular weight excluding hydrogens is 307 g/mol. The van der Waals surface area contributed by atoms with Crippen molar-refractivity contribution in [2.75, 3.05) is 0 Å². The van der Waals surface area contributed by atoms with Crippen molar-refractivity contribution in [1.82, 2.24) is 0 Å². The summed E-state index contributed by atoms with van der Waals surface area (Å²) in [6.45, 7) is 0. The molecule has 0 fully saturated rings. The number of benzene rings is 2. The molecule has 2 aromatic carbocycles. The Morgan fingerprint density at radius 3 is 1.74 bits per heavy atom. The van der Waals surface area contributed by atoms with E-state index in [1.807, 2.05) is 24.3 Å². The summed E-state index contributed by atoms with van der Waals surface area (Å²) in [5, 5.41) is 0.481. The van der Waals surface area contributed by atoms with E-state index >= 15 is 0 Å². The van der Waals surface area contributed by atoms with Crippen LogP contribution in [0.2, 0.25) is 5.02 Å². The van der Waals surface area contributed by atoms with Crippen LogP contribution in [-0.4, -0.2) is 14.2 Å². The first-order chi connectivity index (χ1) is 8.88. The predicted molar refractivity (Wildman–Crippen MR) is 74.4 cm³/mol. The van der Waals surface area contributed by atoms with Gasteiger partial charge in [0.2, 0.25) is 0 Å². The molecule has 0 radical (unpaired) electrons. The van der Waals surface area contributed by atoms with Crippen molar-refractivity contribution in [3.8, 4) is 0 Å². The number of ketones is 1. The molecule has 0 N–H and O–H groups in total. The van der Waals surface area contributed by atoms with E-state index < -0.39 is 9.05 Å². The molecule has 0 amide bonds. The van der Waals surface area contributed by atoms with E-state index in [1.54, 1.807) is 0 Å². The highest BCUT2D eigenvalue weighted by atomic mass is 35.7. The van der Waals surface area contributed by atoms with Gasteiger partial charge in [0, 0.05) is 26.8 Å². The Kier molecular flexibility index (Phi) is 3.94. The number of hydrogen-bond acceptors (Lipinski definition) is 3. The summed E-state index contributed by atoms with van der Waals surface area (Å²) in [6.07, 6.45) is 0. The monoisotopic (exact) mass is 314 g/mol. The Bertz CT molecular complexity index is 693. The molecule has 0 aromatic heterocycles. The SMILES string of the molecule is O=C1c2cccc1c2.O=S(=O)(Cl)c1ccc(Cl)cc1. The Balaban J connectivity index is 0.000000146. The predicted octanol–water partition coefficient (Wildman–Crippen LogP) is 3.50. The summed E-state index contributed by atoms with van der Waals surface area (Å²) in [5.41, 5.74) is 1.70. The highest BCUT2D eigenvalue weighted by Crippen LogP contribution is 2.19. The average molecular weight is 315 g/mol. The van der Waals surface area contributed by atoms with Crippen LogP contribution in [0.5, 0.6) is 0 Å². The fraction of sp³-hybridized carbons (Fsp3) is 0. The molecule has 0 saturated heterocycles. The van der Waals surface area contributed by atoms with Crippen molar-refractivity contribution in [3.63, 3.8) is 0 Å². The van der Waals surface area contributed by atoms with E-state index in [0.29, 0.717) is 5.02 Å². The van der Waals surface area contributed by atoms with Crippen LogP contribution in [0.15, 0.2) is 53.4 Å². The van der Waals surface area contributed by atoms with Crippen LogP contribution in [0.25, 0.3) is 0 Å². The van der Waals surface area contributed by atoms with Crippen LogP contribution in [-0.2, 0) is 9.05 Å². The summed E-state index contributed by atoms with van der Waals surface area (Å²) in [5.74, 6) is 0.201. The lowest BCUT2D eigenvalue weighted by Crippen LogP contribution is -2.10. The molecule has 4 rings (SSSR count). The Morgan fingerprint density at radius 1 is 0.895 bits per heavy atom. The molecule has 19 heavy (non-hydrogen) atoms. The molecule has 98 valence electrons. The van der Waals surface area contributed by atoms with Gasteiger partial charge in [-0.05, 0) is 30.3 Å². The molecule has 2 bridgehead atoms. The van der Waals surface area contributed by atoms with Gasteiger partial charge in [0.1, 0.15) is 0 Å². The molecule has 2 aliphatic carbocycles. The number of rotatable bonds is 1. The fourth-order valence-electron chi connectivity index (χ4n) is 1.49. The Labute approximate surface area is 120 Å². The van der Waals surface area contributed by atoms with Crippen molar-refractivity contribution in [2.45, 2.75) is 4.90 Å². The van der Waals surface area contributed by atoms with E-state index in [4.69, 9.17) is 22.3 Å². The van der Waals surface area contributed by atoms with Crippen molar-refractivity contribution in [2.24, 2.45) is 0 Å². The first-order valence-corrected chi connectivity index (χ1v) is 7.91. The largest absolute Gasteiger partial charge is 0.289 e.